The Kier molecular flexibility index (Phi) is 6.42. The fraction of sp³-hybridized carbons (Fsp3) is 0.263. The number of rotatable bonds is 6. The third-order valence-corrected chi connectivity index (χ3v) is 4.03. The zero-order valence-corrected chi connectivity index (χ0v) is 15.4. The summed E-state index contributed by atoms with van der Waals surface area (Å²) in [4.78, 5) is 25.8. The number of aryl methyl sites for hydroxylation is 1. The van der Waals surface area contributed by atoms with Crippen molar-refractivity contribution in [3.63, 3.8) is 0 Å². The van der Waals surface area contributed by atoms with Crippen molar-refractivity contribution in [3.8, 4) is 0 Å². The summed E-state index contributed by atoms with van der Waals surface area (Å²) in [7, 11) is 3.35. The summed E-state index contributed by atoms with van der Waals surface area (Å²) in [6.45, 7) is 2.52. The molecule has 132 valence electrons. The molecule has 0 spiro atoms. The molecule has 0 heterocycles. The molecule has 2 aromatic carbocycles. The van der Waals surface area contributed by atoms with Crippen LogP contribution in [0, 0.1) is 6.92 Å². The van der Waals surface area contributed by atoms with Crippen LogP contribution in [0.1, 0.15) is 21.5 Å². The fourth-order valence-corrected chi connectivity index (χ4v) is 2.50. The standard InChI is InChI=1S/C19H22ClN3O2/c1-13-6-4-5-7-14(13)11-22-18(24)12-21-17-10-15(20)8-9-16(17)19(25)23(2)3/h4-10,21H,11-12H2,1-3H3,(H,22,24). The lowest BCUT2D eigenvalue weighted by Crippen LogP contribution is -2.30. The minimum absolute atomic E-state index is 0.0555. The van der Waals surface area contributed by atoms with Crippen molar-refractivity contribution in [2.75, 3.05) is 26.0 Å². The van der Waals surface area contributed by atoms with Crippen molar-refractivity contribution in [2.24, 2.45) is 0 Å². The van der Waals surface area contributed by atoms with Gasteiger partial charge in [0.1, 0.15) is 0 Å². The number of carbonyl (C=O) groups excluding carboxylic acids is 2. The zero-order chi connectivity index (χ0) is 18.4. The lowest BCUT2D eigenvalue weighted by molar-refractivity contribution is -0.119. The van der Waals surface area contributed by atoms with Crippen LogP contribution in [0.2, 0.25) is 5.02 Å². The van der Waals surface area contributed by atoms with E-state index >= 15 is 0 Å². The second kappa shape index (κ2) is 8.53. The van der Waals surface area contributed by atoms with Gasteiger partial charge in [0, 0.05) is 31.4 Å². The maximum absolute atomic E-state index is 12.2. The van der Waals surface area contributed by atoms with Crippen molar-refractivity contribution in [1.82, 2.24) is 10.2 Å². The van der Waals surface area contributed by atoms with Gasteiger partial charge in [-0.2, -0.15) is 0 Å². The van der Waals surface area contributed by atoms with E-state index in [1.165, 1.54) is 4.90 Å². The Bertz CT molecular complexity index is 775. The molecule has 0 aliphatic rings. The summed E-state index contributed by atoms with van der Waals surface area (Å²) in [5.41, 5.74) is 3.21. The van der Waals surface area contributed by atoms with Gasteiger partial charge in [-0.15, -0.1) is 0 Å². The third-order valence-electron chi connectivity index (χ3n) is 3.79. The van der Waals surface area contributed by atoms with Crippen LogP contribution in [0.3, 0.4) is 0 Å². The Morgan fingerprint density at radius 2 is 1.84 bits per heavy atom. The van der Waals surface area contributed by atoms with Crippen LogP contribution in [0.4, 0.5) is 5.69 Å². The number of anilines is 1. The Morgan fingerprint density at radius 3 is 2.52 bits per heavy atom. The molecule has 2 rings (SSSR count). The molecule has 0 bridgehead atoms. The molecule has 2 amide bonds. The number of hydrogen-bond donors (Lipinski definition) is 2. The van der Waals surface area contributed by atoms with E-state index in [1.807, 2.05) is 31.2 Å². The average Bonchev–Trinajstić information content (AvgIpc) is 2.58. The molecule has 0 unspecified atom stereocenters. The number of amides is 2. The molecular formula is C19H22ClN3O2. The molecule has 6 heteroatoms. The molecule has 25 heavy (non-hydrogen) atoms. The number of nitrogens with one attached hydrogen (secondary N) is 2. The van der Waals surface area contributed by atoms with Gasteiger partial charge in [0.15, 0.2) is 0 Å². The zero-order valence-electron chi connectivity index (χ0n) is 14.6. The highest BCUT2D eigenvalue weighted by molar-refractivity contribution is 6.31. The first-order chi connectivity index (χ1) is 11.9. The maximum atomic E-state index is 12.2. The lowest BCUT2D eigenvalue weighted by Gasteiger charge is -2.16. The monoisotopic (exact) mass is 359 g/mol. The van der Waals surface area contributed by atoms with Crippen LogP contribution in [-0.2, 0) is 11.3 Å². The largest absolute Gasteiger partial charge is 0.375 e. The molecule has 0 aliphatic heterocycles. The van der Waals surface area contributed by atoms with Crippen LogP contribution in [0.25, 0.3) is 0 Å². The molecule has 5 nitrogen and oxygen atoms in total. The van der Waals surface area contributed by atoms with E-state index in [0.29, 0.717) is 22.8 Å². The van der Waals surface area contributed by atoms with Crippen LogP contribution in [-0.4, -0.2) is 37.4 Å². The average molecular weight is 360 g/mol. The van der Waals surface area contributed by atoms with Crippen molar-refractivity contribution in [3.05, 3.63) is 64.2 Å². The predicted molar refractivity (Wildman–Crippen MR) is 101 cm³/mol. The lowest BCUT2D eigenvalue weighted by atomic mass is 10.1. The summed E-state index contributed by atoms with van der Waals surface area (Å²) in [5, 5.41) is 6.36. The Balaban J connectivity index is 1.98. The van der Waals surface area contributed by atoms with Crippen LogP contribution >= 0.6 is 11.6 Å². The highest BCUT2D eigenvalue weighted by atomic mass is 35.5. The molecule has 0 aliphatic carbocycles. The third kappa shape index (κ3) is 5.22. The van der Waals surface area contributed by atoms with Crippen molar-refractivity contribution >= 4 is 29.1 Å². The maximum Gasteiger partial charge on any atom is 0.255 e. The summed E-state index contributed by atoms with van der Waals surface area (Å²) in [6, 6.07) is 12.8. The van der Waals surface area contributed by atoms with Gasteiger partial charge in [-0.3, -0.25) is 9.59 Å². The minimum atomic E-state index is -0.161. The molecule has 2 aromatic rings. The quantitative estimate of drug-likeness (QED) is 0.833. The highest BCUT2D eigenvalue weighted by Gasteiger charge is 2.14. The summed E-state index contributed by atoms with van der Waals surface area (Å²) < 4.78 is 0. The second-order valence-electron chi connectivity index (χ2n) is 5.95. The first-order valence-electron chi connectivity index (χ1n) is 7.94. The van der Waals surface area contributed by atoms with Crippen LogP contribution < -0.4 is 10.6 Å². The van der Waals surface area contributed by atoms with E-state index in [4.69, 9.17) is 11.6 Å². The summed E-state index contributed by atoms with van der Waals surface area (Å²) in [5.74, 6) is -0.314. The van der Waals surface area contributed by atoms with Gasteiger partial charge in [-0.05, 0) is 36.2 Å². The molecule has 0 saturated carbocycles. The van der Waals surface area contributed by atoms with E-state index in [2.05, 4.69) is 10.6 Å². The molecule has 0 radical (unpaired) electrons. The van der Waals surface area contributed by atoms with Crippen molar-refractivity contribution in [2.45, 2.75) is 13.5 Å². The SMILES string of the molecule is Cc1ccccc1CNC(=O)CNc1cc(Cl)ccc1C(=O)N(C)C. The Morgan fingerprint density at radius 1 is 1.12 bits per heavy atom. The van der Waals surface area contributed by atoms with Crippen molar-refractivity contribution in [1.29, 1.82) is 0 Å². The van der Waals surface area contributed by atoms with E-state index in [0.717, 1.165) is 11.1 Å². The number of benzene rings is 2. The molecule has 0 fully saturated rings. The first-order valence-corrected chi connectivity index (χ1v) is 8.32. The minimum Gasteiger partial charge on any atom is -0.375 e. The number of nitrogens with zero attached hydrogens (tertiary/aromatic N) is 1. The Hall–Kier alpha value is -2.53. The topological polar surface area (TPSA) is 61.4 Å². The van der Waals surface area contributed by atoms with Crippen LogP contribution in [0.15, 0.2) is 42.5 Å². The Labute approximate surface area is 153 Å². The summed E-state index contributed by atoms with van der Waals surface area (Å²) in [6.07, 6.45) is 0. The molecule has 0 saturated heterocycles. The molecular weight excluding hydrogens is 338 g/mol. The van der Waals surface area contributed by atoms with Gasteiger partial charge in [-0.1, -0.05) is 35.9 Å². The van der Waals surface area contributed by atoms with E-state index in [1.54, 1.807) is 32.3 Å². The smallest absolute Gasteiger partial charge is 0.255 e. The fourth-order valence-electron chi connectivity index (χ4n) is 2.33. The predicted octanol–water partition coefficient (Wildman–Crippen LogP) is 3.08. The van der Waals surface area contributed by atoms with Gasteiger partial charge < -0.3 is 15.5 Å². The summed E-state index contributed by atoms with van der Waals surface area (Å²) >= 11 is 6.01. The molecule has 0 aromatic heterocycles. The first kappa shape index (κ1) is 18.8. The normalized spacial score (nSPS) is 10.2. The van der Waals surface area contributed by atoms with Gasteiger partial charge in [0.25, 0.3) is 5.91 Å². The number of halogens is 1. The van der Waals surface area contributed by atoms with Crippen LogP contribution in [0.5, 0.6) is 0 Å². The van der Waals surface area contributed by atoms with E-state index in [9.17, 15) is 9.59 Å². The van der Waals surface area contributed by atoms with Gasteiger partial charge >= 0.3 is 0 Å². The second-order valence-corrected chi connectivity index (χ2v) is 6.38. The van der Waals surface area contributed by atoms with E-state index < -0.39 is 0 Å². The van der Waals surface area contributed by atoms with Gasteiger partial charge in [0.2, 0.25) is 5.91 Å². The van der Waals surface area contributed by atoms with Crippen molar-refractivity contribution < 1.29 is 9.59 Å². The highest BCUT2D eigenvalue weighted by Crippen LogP contribution is 2.22. The van der Waals surface area contributed by atoms with Gasteiger partial charge in [-0.25, -0.2) is 0 Å². The number of carbonyl (C=O) groups is 2. The van der Waals surface area contributed by atoms with Gasteiger partial charge in [0.05, 0.1) is 12.1 Å². The number of hydrogen-bond acceptors (Lipinski definition) is 3. The molecule has 0 atom stereocenters. The molecule has 2 N–H and O–H groups in total. The van der Waals surface area contributed by atoms with E-state index in [-0.39, 0.29) is 18.4 Å².